The standard InChI is InChI=1S/C19H25N3O2S/c1-12-10-14(12)18(24)21-9-8-17(23)22-19-15(11-20)13-6-4-2-3-5-7-16(13)25-19/h12,14H,2-10H2,1H3,(H,21,24)(H,22,23). The minimum absolute atomic E-state index is 0.0529. The van der Waals surface area contributed by atoms with Crippen LogP contribution in [0.1, 0.15) is 61.5 Å². The number of hydrogen-bond acceptors (Lipinski definition) is 4. The van der Waals surface area contributed by atoms with Gasteiger partial charge in [-0.15, -0.1) is 11.3 Å². The van der Waals surface area contributed by atoms with Gasteiger partial charge < -0.3 is 10.6 Å². The predicted molar refractivity (Wildman–Crippen MR) is 98.4 cm³/mol. The third-order valence-corrected chi connectivity index (χ3v) is 6.34. The van der Waals surface area contributed by atoms with Gasteiger partial charge in [-0.05, 0) is 43.6 Å². The number of nitriles is 1. The molecule has 2 atom stereocenters. The molecule has 5 nitrogen and oxygen atoms in total. The summed E-state index contributed by atoms with van der Waals surface area (Å²) in [7, 11) is 0. The van der Waals surface area contributed by atoms with Crippen LogP contribution in [0.4, 0.5) is 5.00 Å². The number of amides is 2. The van der Waals surface area contributed by atoms with E-state index in [9.17, 15) is 14.9 Å². The summed E-state index contributed by atoms with van der Waals surface area (Å²) >= 11 is 1.55. The van der Waals surface area contributed by atoms with Crippen molar-refractivity contribution in [3.8, 4) is 6.07 Å². The van der Waals surface area contributed by atoms with Crippen LogP contribution in [0.25, 0.3) is 0 Å². The smallest absolute Gasteiger partial charge is 0.226 e. The summed E-state index contributed by atoms with van der Waals surface area (Å²) in [5.41, 5.74) is 1.78. The number of nitrogens with one attached hydrogen (secondary N) is 2. The Kier molecular flexibility index (Phi) is 5.74. The molecule has 2 unspecified atom stereocenters. The van der Waals surface area contributed by atoms with Crippen LogP contribution in [0.3, 0.4) is 0 Å². The van der Waals surface area contributed by atoms with Gasteiger partial charge in [-0.2, -0.15) is 5.26 Å². The highest BCUT2D eigenvalue weighted by atomic mass is 32.1. The predicted octanol–water partition coefficient (Wildman–Crippen LogP) is 3.38. The second-order valence-electron chi connectivity index (χ2n) is 7.14. The maximum absolute atomic E-state index is 12.2. The van der Waals surface area contributed by atoms with Crippen LogP contribution < -0.4 is 10.6 Å². The maximum atomic E-state index is 12.2. The first-order valence-corrected chi connectivity index (χ1v) is 10.0. The van der Waals surface area contributed by atoms with Crippen LogP contribution in [0.5, 0.6) is 0 Å². The molecule has 1 saturated carbocycles. The molecule has 134 valence electrons. The van der Waals surface area contributed by atoms with Gasteiger partial charge in [-0.3, -0.25) is 9.59 Å². The molecule has 1 aromatic rings. The fourth-order valence-electron chi connectivity index (χ4n) is 3.43. The van der Waals surface area contributed by atoms with Gasteiger partial charge in [0.25, 0.3) is 0 Å². The van der Waals surface area contributed by atoms with Gasteiger partial charge in [0.1, 0.15) is 11.1 Å². The molecule has 25 heavy (non-hydrogen) atoms. The van der Waals surface area contributed by atoms with E-state index in [1.807, 2.05) is 0 Å². The van der Waals surface area contributed by atoms with E-state index in [4.69, 9.17) is 0 Å². The normalized spacial score (nSPS) is 22.1. The fourth-order valence-corrected chi connectivity index (χ4v) is 4.69. The first-order valence-electron chi connectivity index (χ1n) is 9.22. The number of rotatable bonds is 5. The van der Waals surface area contributed by atoms with Gasteiger partial charge in [0.15, 0.2) is 0 Å². The summed E-state index contributed by atoms with van der Waals surface area (Å²) in [5, 5.41) is 15.9. The minimum atomic E-state index is -0.144. The first-order chi connectivity index (χ1) is 12.1. The number of nitrogens with zero attached hydrogens (tertiary/aromatic N) is 1. The fraction of sp³-hybridized carbons (Fsp3) is 0.632. The Bertz CT molecular complexity index is 704. The molecule has 2 aliphatic rings. The summed E-state index contributed by atoms with van der Waals surface area (Å²) in [6.45, 7) is 2.41. The Morgan fingerprint density at radius 2 is 1.96 bits per heavy atom. The molecule has 0 saturated heterocycles. The summed E-state index contributed by atoms with van der Waals surface area (Å²) in [5.74, 6) is 0.509. The van der Waals surface area contributed by atoms with Crippen molar-refractivity contribution in [1.82, 2.24) is 5.32 Å². The second kappa shape index (κ2) is 8.01. The van der Waals surface area contributed by atoms with Crippen molar-refractivity contribution in [2.45, 2.75) is 58.3 Å². The molecule has 1 aromatic heterocycles. The molecule has 0 aromatic carbocycles. The van der Waals surface area contributed by atoms with Crippen molar-refractivity contribution in [2.75, 3.05) is 11.9 Å². The molecular formula is C19H25N3O2S. The molecule has 3 rings (SSSR count). The van der Waals surface area contributed by atoms with E-state index in [-0.39, 0.29) is 24.2 Å². The van der Waals surface area contributed by atoms with E-state index >= 15 is 0 Å². The topological polar surface area (TPSA) is 82.0 Å². The monoisotopic (exact) mass is 359 g/mol. The van der Waals surface area contributed by atoms with Gasteiger partial charge in [0.2, 0.25) is 11.8 Å². The average Bonchev–Trinajstić information content (AvgIpc) is 3.21. The largest absolute Gasteiger partial charge is 0.355 e. The third-order valence-electron chi connectivity index (χ3n) is 5.13. The lowest BCUT2D eigenvalue weighted by Crippen LogP contribution is -2.29. The maximum Gasteiger partial charge on any atom is 0.226 e. The molecule has 0 bridgehead atoms. The Balaban J connectivity index is 1.56. The molecule has 0 spiro atoms. The SMILES string of the molecule is CC1CC1C(=O)NCCC(=O)Nc1sc2c(c1C#N)CCCCCC2. The summed E-state index contributed by atoms with van der Waals surface area (Å²) in [6.07, 6.45) is 7.82. The van der Waals surface area contributed by atoms with E-state index < -0.39 is 0 Å². The van der Waals surface area contributed by atoms with E-state index in [1.165, 1.54) is 17.7 Å². The van der Waals surface area contributed by atoms with Crippen molar-refractivity contribution < 1.29 is 9.59 Å². The van der Waals surface area contributed by atoms with Gasteiger partial charge >= 0.3 is 0 Å². The van der Waals surface area contributed by atoms with Crippen LogP contribution in [-0.4, -0.2) is 18.4 Å². The number of carbonyl (C=O) groups is 2. The molecule has 1 fully saturated rings. The Labute approximate surface area is 152 Å². The first kappa shape index (κ1) is 17.9. The van der Waals surface area contributed by atoms with Crippen molar-refractivity contribution in [2.24, 2.45) is 11.8 Å². The Morgan fingerprint density at radius 1 is 1.24 bits per heavy atom. The molecular weight excluding hydrogens is 334 g/mol. The Hall–Kier alpha value is -1.87. The van der Waals surface area contributed by atoms with Crippen molar-refractivity contribution >= 4 is 28.2 Å². The number of anilines is 1. The molecule has 2 amide bonds. The molecule has 2 N–H and O–H groups in total. The quantitative estimate of drug-likeness (QED) is 0.845. The van der Waals surface area contributed by atoms with Gasteiger partial charge in [-0.1, -0.05) is 19.8 Å². The van der Waals surface area contributed by atoms with Crippen LogP contribution in [0, 0.1) is 23.2 Å². The van der Waals surface area contributed by atoms with Gasteiger partial charge in [-0.25, -0.2) is 0 Å². The van der Waals surface area contributed by atoms with Crippen LogP contribution in [0.2, 0.25) is 0 Å². The van der Waals surface area contributed by atoms with E-state index in [2.05, 4.69) is 23.6 Å². The number of thiophene rings is 1. The van der Waals surface area contributed by atoms with Gasteiger partial charge in [0, 0.05) is 23.8 Å². The molecule has 0 aliphatic heterocycles. The summed E-state index contributed by atoms with van der Waals surface area (Å²) in [6, 6.07) is 2.29. The highest BCUT2D eigenvalue weighted by Gasteiger charge is 2.38. The lowest BCUT2D eigenvalue weighted by atomic mass is 9.97. The number of aryl methyl sites for hydroxylation is 1. The Morgan fingerprint density at radius 3 is 2.64 bits per heavy atom. The van der Waals surface area contributed by atoms with E-state index in [1.54, 1.807) is 11.3 Å². The van der Waals surface area contributed by atoms with E-state index in [0.29, 0.717) is 23.0 Å². The zero-order valence-electron chi connectivity index (χ0n) is 14.7. The second-order valence-corrected chi connectivity index (χ2v) is 8.25. The number of hydrogen-bond donors (Lipinski definition) is 2. The zero-order valence-corrected chi connectivity index (χ0v) is 15.5. The molecule has 6 heteroatoms. The lowest BCUT2D eigenvalue weighted by Gasteiger charge is -2.08. The summed E-state index contributed by atoms with van der Waals surface area (Å²) in [4.78, 5) is 25.2. The number of carbonyl (C=O) groups excluding carboxylic acids is 2. The van der Waals surface area contributed by atoms with Crippen molar-refractivity contribution in [1.29, 1.82) is 5.26 Å². The van der Waals surface area contributed by atoms with Crippen LogP contribution in [-0.2, 0) is 22.4 Å². The zero-order chi connectivity index (χ0) is 17.8. The highest BCUT2D eigenvalue weighted by Crippen LogP contribution is 2.38. The van der Waals surface area contributed by atoms with Crippen molar-refractivity contribution in [3.63, 3.8) is 0 Å². The van der Waals surface area contributed by atoms with Crippen LogP contribution >= 0.6 is 11.3 Å². The number of fused-ring (bicyclic) bond motifs is 1. The molecule has 1 heterocycles. The summed E-state index contributed by atoms with van der Waals surface area (Å²) < 4.78 is 0. The molecule has 0 radical (unpaired) electrons. The average molecular weight is 359 g/mol. The highest BCUT2D eigenvalue weighted by molar-refractivity contribution is 7.16. The van der Waals surface area contributed by atoms with Crippen LogP contribution in [0.15, 0.2) is 0 Å². The van der Waals surface area contributed by atoms with Crippen molar-refractivity contribution in [3.05, 3.63) is 16.0 Å². The third kappa shape index (κ3) is 4.40. The van der Waals surface area contributed by atoms with E-state index in [0.717, 1.165) is 37.7 Å². The minimum Gasteiger partial charge on any atom is -0.355 e. The van der Waals surface area contributed by atoms with Gasteiger partial charge in [0.05, 0.1) is 5.56 Å². The lowest BCUT2D eigenvalue weighted by molar-refractivity contribution is -0.122. The molecule has 2 aliphatic carbocycles.